The lowest BCUT2D eigenvalue weighted by molar-refractivity contribution is 0.198. The quantitative estimate of drug-likeness (QED) is 0.640. The maximum Gasteiger partial charge on any atom is 0.0952 e. The average Bonchev–Trinajstić information content (AvgIpc) is 2.80. The first-order valence-electron chi connectivity index (χ1n) is 5.07. The van der Waals surface area contributed by atoms with Gasteiger partial charge in [-0.25, -0.2) is 0 Å². The minimum atomic E-state index is 0.209. The zero-order chi connectivity index (χ0) is 8.60. The van der Waals surface area contributed by atoms with Crippen molar-refractivity contribution >= 4 is 0 Å². The first-order valence-corrected chi connectivity index (χ1v) is 5.07. The summed E-state index contributed by atoms with van der Waals surface area (Å²) in [5.74, 6) is 0.336. The van der Waals surface area contributed by atoms with E-state index in [-0.39, 0.29) is 12.2 Å². The van der Waals surface area contributed by atoms with E-state index in [0.717, 1.165) is 0 Å². The third-order valence-corrected chi connectivity index (χ3v) is 3.33. The molecule has 1 heterocycles. The Morgan fingerprint density at radius 2 is 2.08 bits per heavy atom. The van der Waals surface area contributed by atoms with Crippen LogP contribution in [0.2, 0.25) is 0 Å². The van der Waals surface area contributed by atoms with Gasteiger partial charge in [-0.1, -0.05) is 26.2 Å². The fourth-order valence-electron chi connectivity index (χ4n) is 2.50. The molecule has 1 aliphatic heterocycles. The van der Waals surface area contributed by atoms with Crippen LogP contribution < -0.4 is 0 Å². The van der Waals surface area contributed by atoms with E-state index >= 15 is 0 Å². The lowest BCUT2D eigenvalue weighted by Gasteiger charge is -2.19. The van der Waals surface area contributed by atoms with Gasteiger partial charge in [-0.05, 0) is 12.8 Å². The Labute approximate surface area is 73.9 Å². The Morgan fingerprint density at radius 1 is 1.42 bits per heavy atom. The number of aliphatic hydroxyl groups excluding tert-OH is 1. The average molecular weight is 170 g/mol. The van der Waals surface area contributed by atoms with Crippen molar-refractivity contribution in [2.24, 2.45) is 5.92 Å². The Balaban J connectivity index is 1.90. The number of aliphatic hydroxyl groups is 1. The van der Waals surface area contributed by atoms with Gasteiger partial charge in [0.2, 0.25) is 0 Å². The summed E-state index contributed by atoms with van der Waals surface area (Å²) in [6, 6.07) is 0. The molecule has 1 N–H and O–H groups in total. The minimum absolute atomic E-state index is 0.209. The largest absolute Gasteiger partial charge is 0.396 e. The van der Waals surface area contributed by atoms with Crippen LogP contribution in [-0.4, -0.2) is 23.4 Å². The van der Waals surface area contributed by atoms with Gasteiger partial charge in [0.1, 0.15) is 0 Å². The first-order chi connectivity index (χ1) is 5.78. The van der Waals surface area contributed by atoms with Crippen LogP contribution in [0, 0.1) is 5.92 Å². The monoisotopic (exact) mass is 170 g/mol. The van der Waals surface area contributed by atoms with Crippen molar-refractivity contribution < 1.29 is 9.84 Å². The molecule has 0 bridgehead atoms. The van der Waals surface area contributed by atoms with Crippen molar-refractivity contribution in [3.05, 3.63) is 0 Å². The Kier molecular flexibility index (Phi) is 2.13. The topological polar surface area (TPSA) is 32.8 Å². The molecule has 2 fully saturated rings. The van der Waals surface area contributed by atoms with E-state index in [0.29, 0.717) is 12.0 Å². The smallest absolute Gasteiger partial charge is 0.0952 e. The molecule has 70 valence electrons. The molecule has 2 nitrogen and oxygen atoms in total. The number of hydrogen-bond donors (Lipinski definition) is 1. The molecule has 0 unspecified atom stereocenters. The van der Waals surface area contributed by atoms with Gasteiger partial charge in [-0.2, -0.15) is 0 Å². The Bertz CT molecular complexity index is 161. The van der Waals surface area contributed by atoms with E-state index in [2.05, 4.69) is 6.92 Å². The van der Waals surface area contributed by atoms with Gasteiger partial charge in [-0.15, -0.1) is 0 Å². The van der Waals surface area contributed by atoms with Crippen LogP contribution in [0.3, 0.4) is 0 Å². The summed E-state index contributed by atoms with van der Waals surface area (Å²) in [6.45, 7) is 2.35. The van der Waals surface area contributed by atoms with Gasteiger partial charge in [-0.3, -0.25) is 0 Å². The molecule has 2 heteroatoms. The van der Waals surface area contributed by atoms with Gasteiger partial charge >= 0.3 is 0 Å². The molecule has 1 spiro atoms. The molecule has 2 aliphatic rings. The normalized spacial score (nSPS) is 35.0. The molecular formula is C10H18O2. The van der Waals surface area contributed by atoms with E-state index in [4.69, 9.17) is 9.84 Å². The third-order valence-electron chi connectivity index (χ3n) is 3.33. The number of rotatable bonds is 2. The zero-order valence-corrected chi connectivity index (χ0v) is 7.75. The molecule has 0 amide bonds. The van der Waals surface area contributed by atoms with Crippen molar-refractivity contribution in [3.63, 3.8) is 0 Å². The summed E-state index contributed by atoms with van der Waals surface area (Å²) < 4.78 is 5.74. The van der Waals surface area contributed by atoms with Crippen LogP contribution in [-0.2, 0) is 4.74 Å². The predicted octanol–water partition coefficient (Wildman–Crippen LogP) is 1.72. The second-order valence-corrected chi connectivity index (χ2v) is 4.32. The molecule has 0 aromatic heterocycles. The molecule has 0 aromatic rings. The summed E-state index contributed by atoms with van der Waals surface area (Å²) in [7, 11) is 0. The van der Waals surface area contributed by atoms with Crippen molar-refractivity contribution in [2.75, 3.05) is 6.61 Å². The third kappa shape index (κ3) is 1.27. The number of ether oxygens (including phenoxy) is 1. The highest BCUT2D eigenvalue weighted by atomic mass is 16.6. The fraction of sp³-hybridized carbons (Fsp3) is 1.00. The fourth-order valence-corrected chi connectivity index (χ4v) is 2.50. The van der Waals surface area contributed by atoms with Crippen LogP contribution in [0.5, 0.6) is 0 Å². The van der Waals surface area contributed by atoms with Crippen LogP contribution in [0.4, 0.5) is 0 Å². The lowest BCUT2D eigenvalue weighted by atomic mass is 9.83. The molecule has 1 aliphatic carbocycles. The second-order valence-electron chi connectivity index (χ2n) is 4.32. The van der Waals surface area contributed by atoms with Crippen LogP contribution in [0.15, 0.2) is 0 Å². The number of hydrogen-bond acceptors (Lipinski definition) is 2. The highest BCUT2D eigenvalue weighted by Crippen LogP contribution is 2.50. The number of epoxide rings is 1. The minimum Gasteiger partial charge on any atom is -0.396 e. The van der Waals surface area contributed by atoms with E-state index in [9.17, 15) is 0 Å². The highest BCUT2D eigenvalue weighted by Gasteiger charge is 2.57. The summed E-state index contributed by atoms with van der Waals surface area (Å²) in [5, 5.41) is 8.98. The van der Waals surface area contributed by atoms with Crippen LogP contribution >= 0.6 is 0 Å². The van der Waals surface area contributed by atoms with Gasteiger partial charge in [0, 0.05) is 12.5 Å². The maximum atomic E-state index is 8.98. The molecule has 2 atom stereocenters. The lowest BCUT2D eigenvalue weighted by Crippen LogP contribution is -2.23. The Morgan fingerprint density at radius 3 is 2.67 bits per heavy atom. The van der Waals surface area contributed by atoms with E-state index in [1.165, 1.54) is 32.1 Å². The van der Waals surface area contributed by atoms with E-state index in [1.54, 1.807) is 0 Å². The summed E-state index contributed by atoms with van der Waals surface area (Å²) in [4.78, 5) is 0. The van der Waals surface area contributed by atoms with E-state index in [1.807, 2.05) is 0 Å². The molecule has 12 heavy (non-hydrogen) atoms. The summed E-state index contributed by atoms with van der Waals surface area (Å²) >= 11 is 0. The van der Waals surface area contributed by atoms with E-state index < -0.39 is 0 Å². The second kappa shape index (κ2) is 3.00. The van der Waals surface area contributed by atoms with Crippen molar-refractivity contribution in [1.82, 2.24) is 0 Å². The standard InChI is InChI=1S/C10H18O2/c1-8(7-11)9-10(12-9)5-3-2-4-6-10/h8-9,11H,2-7H2,1H3/t8-,9-/m0/s1. The SMILES string of the molecule is C[C@@H](CO)[C@@H]1OC12CCCCC2. The summed E-state index contributed by atoms with van der Waals surface area (Å²) in [5.41, 5.74) is 0.209. The molecular weight excluding hydrogens is 152 g/mol. The Hall–Kier alpha value is -0.0800. The van der Waals surface area contributed by atoms with Crippen molar-refractivity contribution in [2.45, 2.75) is 50.7 Å². The highest BCUT2D eigenvalue weighted by molar-refractivity contribution is 5.05. The van der Waals surface area contributed by atoms with Crippen molar-refractivity contribution in [3.8, 4) is 0 Å². The first kappa shape index (κ1) is 8.52. The predicted molar refractivity (Wildman–Crippen MR) is 46.9 cm³/mol. The maximum absolute atomic E-state index is 8.98. The van der Waals surface area contributed by atoms with Gasteiger partial charge in [0.25, 0.3) is 0 Å². The molecule has 0 aromatic carbocycles. The van der Waals surface area contributed by atoms with Crippen molar-refractivity contribution in [1.29, 1.82) is 0 Å². The van der Waals surface area contributed by atoms with Gasteiger partial charge < -0.3 is 9.84 Å². The zero-order valence-electron chi connectivity index (χ0n) is 7.75. The van der Waals surface area contributed by atoms with Gasteiger partial charge in [0.15, 0.2) is 0 Å². The van der Waals surface area contributed by atoms with Crippen LogP contribution in [0.1, 0.15) is 39.0 Å². The van der Waals surface area contributed by atoms with Gasteiger partial charge in [0.05, 0.1) is 11.7 Å². The molecule has 0 radical (unpaired) electrons. The molecule has 1 saturated heterocycles. The molecule has 2 rings (SSSR count). The van der Waals surface area contributed by atoms with Crippen LogP contribution in [0.25, 0.3) is 0 Å². The molecule has 1 saturated carbocycles. The summed E-state index contributed by atoms with van der Waals surface area (Å²) in [6.07, 6.45) is 6.81.